The van der Waals surface area contributed by atoms with Gasteiger partial charge < -0.3 is 10.6 Å². The Morgan fingerprint density at radius 1 is 0.875 bits per heavy atom. The number of hydrogen-bond donors (Lipinski definition) is 2. The van der Waals surface area contributed by atoms with Crippen LogP contribution in [0, 0.1) is 26.2 Å². The van der Waals surface area contributed by atoms with Gasteiger partial charge in [0.15, 0.2) is 0 Å². The molecule has 0 spiro atoms. The van der Waals surface area contributed by atoms with Crippen molar-refractivity contribution in [2.45, 2.75) is 33.6 Å². The summed E-state index contributed by atoms with van der Waals surface area (Å²) in [5.41, 5.74) is 3.76. The molecule has 4 heteroatoms. The van der Waals surface area contributed by atoms with Gasteiger partial charge in [0.05, 0.1) is 0 Å². The van der Waals surface area contributed by atoms with E-state index in [-0.39, 0.29) is 11.8 Å². The third-order valence-corrected chi connectivity index (χ3v) is 4.57. The van der Waals surface area contributed by atoms with Crippen LogP contribution in [0.3, 0.4) is 0 Å². The number of hydrogen-bond acceptors (Lipinski definition) is 2. The predicted molar refractivity (Wildman–Crippen MR) is 96.0 cm³/mol. The summed E-state index contributed by atoms with van der Waals surface area (Å²) in [5, 5.41) is 5.83. The van der Waals surface area contributed by atoms with E-state index in [1.807, 2.05) is 63.2 Å². The van der Waals surface area contributed by atoms with Gasteiger partial charge in [0, 0.05) is 11.4 Å². The zero-order valence-electron chi connectivity index (χ0n) is 14.3. The zero-order valence-corrected chi connectivity index (χ0v) is 14.3. The molecule has 2 aromatic carbocycles. The number of aryl methyl sites for hydroxylation is 3. The van der Waals surface area contributed by atoms with Crippen LogP contribution >= 0.6 is 0 Å². The highest BCUT2D eigenvalue weighted by molar-refractivity contribution is 6.17. The van der Waals surface area contributed by atoms with Crippen molar-refractivity contribution in [1.29, 1.82) is 0 Å². The van der Waals surface area contributed by atoms with Crippen LogP contribution in [0.2, 0.25) is 0 Å². The Bertz CT molecular complexity index is 770. The lowest BCUT2D eigenvalue weighted by atomic mass is 10.0. The van der Waals surface area contributed by atoms with Crippen molar-refractivity contribution in [3.63, 3.8) is 0 Å². The lowest BCUT2D eigenvalue weighted by Crippen LogP contribution is -2.36. The highest BCUT2D eigenvalue weighted by Crippen LogP contribution is 2.47. The van der Waals surface area contributed by atoms with Gasteiger partial charge in [-0.05, 0) is 56.9 Å². The molecule has 0 aliphatic heterocycles. The molecule has 24 heavy (non-hydrogen) atoms. The zero-order chi connectivity index (χ0) is 17.3. The van der Waals surface area contributed by atoms with Crippen LogP contribution in [-0.2, 0) is 9.59 Å². The van der Waals surface area contributed by atoms with Crippen LogP contribution in [0.4, 0.5) is 11.4 Å². The number of nitrogens with one attached hydrogen (secondary N) is 2. The molecule has 2 amide bonds. The van der Waals surface area contributed by atoms with E-state index in [4.69, 9.17) is 0 Å². The Morgan fingerprint density at radius 3 is 1.96 bits per heavy atom. The van der Waals surface area contributed by atoms with Crippen LogP contribution in [0.15, 0.2) is 42.5 Å². The minimum atomic E-state index is -0.945. The fraction of sp³-hybridized carbons (Fsp3) is 0.300. The van der Waals surface area contributed by atoms with E-state index in [9.17, 15) is 9.59 Å². The second kappa shape index (κ2) is 6.11. The Hall–Kier alpha value is -2.62. The standard InChI is InChI=1S/C20H22N2O2/c1-13-11-14(2)17(15(3)12-13)22-19(24)20(9-10-20)18(23)21-16-7-5-4-6-8-16/h4-8,11-12H,9-10H2,1-3H3,(H,21,23)(H,22,24). The van der Waals surface area contributed by atoms with Gasteiger partial charge in [-0.25, -0.2) is 0 Å². The molecular weight excluding hydrogens is 300 g/mol. The van der Waals surface area contributed by atoms with Crippen molar-refractivity contribution in [2.75, 3.05) is 10.6 Å². The first kappa shape index (κ1) is 16.2. The summed E-state index contributed by atoms with van der Waals surface area (Å²) in [4.78, 5) is 25.3. The molecule has 0 aromatic heterocycles. The van der Waals surface area contributed by atoms with E-state index in [1.165, 1.54) is 0 Å². The third kappa shape index (κ3) is 3.04. The molecule has 0 radical (unpaired) electrons. The first-order valence-corrected chi connectivity index (χ1v) is 8.18. The Balaban J connectivity index is 1.76. The average molecular weight is 322 g/mol. The molecule has 0 atom stereocenters. The van der Waals surface area contributed by atoms with E-state index in [2.05, 4.69) is 10.6 Å². The SMILES string of the molecule is Cc1cc(C)c(NC(=O)C2(C(=O)Nc3ccccc3)CC2)c(C)c1. The maximum Gasteiger partial charge on any atom is 0.240 e. The number of anilines is 2. The molecule has 0 heterocycles. The maximum atomic E-state index is 12.7. The van der Waals surface area contributed by atoms with Gasteiger partial charge in [0.25, 0.3) is 0 Å². The summed E-state index contributed by atoms with van der Waals surface area (Å²) in [6.45, 7) is 5.97. The summed E-state index contributed by atoms with van der Waals surface area (Å²) in [7, 11) is 0. The highest BCUT2D eigenvalue weighted by atomic mass is 16.2. The summed E-state index contributed by atoms with van der Waals surface area (Å²) in [6.07, 6.45) is 1.17. The largest absolute Gasteiger partial charge is 0.325 e. The number of rotatable bonds is 4. The first-order valence-electron chi connectivity index (χ1n) is 8.18. The molecule has 1 fully saturated rings. The Labute approximate surface area is 142 Å². The van der Waals surface area contributed by atoms with Gasteiger partial charge >= 0.3 is 0 Å². The first-order chi connectivity index (χ1) is 11.4. The molecule has 0 bridgehead atoms. The van der Waals surface area contributed by atoms with Crippen molar-refractivity contribution in [2.24, 2.45) is 5.41 Å². The van der Waals surface area contributed by atoms with Crippen LogP contribution in [0.1, 0.15) is 29.5 Å². The topological polar surface area (TPSA) is 58.2 Å². The maximum absolute atomic E-state index is 12.7. The van der Waals surface area contributed by atoms with E-state index in [1.54, 1.807) is 0 Å². The molecule has 0 unspecified atom stereocenters. The van der Waals surface area contributed by atoms with E-state index in [0.717, 1.165) is 22.4 Å². The lowest BCUT2D eigenvalue weighted by Gasteiger charge is -2.18. The molecular formula is C20H22N2O2. The number of amides is 2. The van der Waals surface area contributed by atoms with Gasteiger partial charge in [-0.1, -0.05) is 35.9 Å². The molecule has 1 saturated carbocycles. The molecule has 1 aliphatic rings. The third-order valence-electron chi connectivity index (χ3n) is 4.57. The molecule has 4 nitrogen and oxygen atoms in total. The quantitative estimate of drug-likeness (QED) is 0.837. The van der Waals surface area contributed by atoms with Crippen molar-refractivity contribution in [1.82, 2.24) is 0 Å². The fourth-order valence-electron chi connectivity index (χ4n) is 3.06. The van der Waals surface area contributed by atoms with E-state index >= 15 is 0 Å². The van der Waals surface area contributed by atoms with Crippen molar-refractivity contribution in [3.05, 3.63) is 59.2 Å². The van der Waals surface area contributed by atoms with Gasteiger partial charge in [-0.2, -0.15) is 0 Å². The van der Waals surface area contributed by atoms with E-state index in [0.29, 0.717) is 18.5 Å². The summed E-state index contributed by atoms with van der Waals surface area (Å²) in [6, 6.07) is 13.3. The van der Waals surface area contributed by atoms with Crippen molar-refractivity contribution >= 4 is 23.2 Å². The molecule has 0 saturated heterocycles. The van der Waals surface area contributed by atoms with Crippen LogP contribution in [0.25, 0.3) is 0 Å². The number of carbonyl (C=O) groups excluding carboxylic acids is 2. The van der Waals surface area contributed by atoms with Gasteiger partial charge in [0.2, 0.25) is 11.8 Å². The summed E-state index contributed by atoms with van der Waals surface area (Å²) in [5.74, 6) is -0.445. The molecule has 2 aromatic rings. The monoisotopic (exact) mass is 322 g/mol. The van der Waals surface area contributed by atoms with E-state index < -0.39 is 5.41 Å². The molecule has 124 valence electrons. The Morgan fingerprint density at radius 2 is 1.42 bits per heavy atom. The minimum Gasteiger partial charge on any atom is -0.325 e. The predicted octanol–water partition coefficient (Wildman–Crippen LogP) is 3.97. The highest BCUT2D eigenvalue weighted by Gasteiger charge is 2.56. The van der Waals surface area contributed by atoms with Gasteiger partial charge in [-0.3, -0.25) is 9.59 Å². The minimum absolute atomic E-state index is 0.217. The van der Waals surface area contributed by atoms with Gasteiger partial charge in [-0.15, -0.1) is 0 Å². The second-order valence-corrected chi connectivity index (χ2v) is 6.63. The fourth-order valence-corrected chi connectivity index (χ4v) is 3.06. The molecule has 1 aliphatic carbocycles. The smallest absolute Gasteiger partial charge is 0.240 e. The van der Waals surface area contributed by atoms with Crippen LogP contribution < -0.4 is 10.6 Å². The number of carbonyl (C=O) groups is 2. The summed E-state index contributed by atoms with van der Waals surface area (Å²) >= 11 is 0. The lowest BCUT2D eigenvalue weighted by molar-refractivity contribution is -0.131. The van der Waals surface area contributed by atoms with Gasteiger partial charge in [0.1, 0.15) is 5.41 Å². The Kier molecular flexibility index (Phi) is 4.14. The molecule has 2 N–H and O–H groups in total. The number of para-hydroxylation sites is 1. The molecule has 3 rings (SSSR count). The second-order valence-electron chi connectivity index (χ2n) is 6.63. The van der Waals surface area contributed by atoms with Crippen LogP contribution in [0.5, 0.6) is 0 Å². The summed E-state index contributed by atoms with van der Waals surface area (Å²) < 4.78 is 0. The number of benzene rings is 2. The van der Waals surface area contributed by atoms with Crippen molar-refractivity contribution in [3.8, 4) is 0 Å². The normalized spacial score (nSPS) is 14.8. The van der Waals surface area contributed by atoms with Crippen molar-refractivity contribution < 1.29 is 9.59 Å². The van der Waals surface area contributed by atoms with Crippen LogP contribution in [-0.4, -0.2) is 11.8 Å². The average Bonchev–Trinajstić information content (AvgIpc) is 3.33.